The highest BCUT2D eigenvalue weighted by Gasteiger charge is 2.25. The van der Waals surface area contributed by atoms with Gasteiger partial charge in [-0.25, -0.2) is 15.0 Å². The molecule has 0 spiro atoms. The number of hydrogen-bond donors (Lipinski definition) is 0. The predicted molar refractivity (Wildman–Crippen MR) is 258 cm³/mol. The Morgan fingerprint density at radius 1 is 0.317 bits per heavy atom. The minimum absolute atomic E-state index is 0.576. The van der Waals surface area contributed by atoms with Crippen LogP contribution in [0.25, 0.3) is 122 Å². The highest BCUT2D eigenvalue weighted by Crippen LogP contribution is 2.45. The zero-order valence-corrected chi connectivity index (χ0v) is 33.9. The Labute approximate surface area is 361 Å². The summed E-state index contributed by atoms with van der Waals surface area (Å²) in [4.78, 5) is 15.5. The normalized spacial score (nSPS) is 11.8. The van der Waals surface area contributed by atoms with E-state index < -0.39 is 0 Å². The molecule has 6 nitrogen and oxygen atoms in total. The van der Waals surface area contributed by atoms with Crippen molar-refractivity contribution in [3.63, 3.8) is 0 Å². The van der Waals surface area contributed by atoms with E-state index in [9.17, 15) is 0 Å². The van der Waals surface area contributed by atoms with E-state index in [0.717, 1.165) is 77.7 Å². The fourth-order valence-electron chi connectivity index (χ4n) is 9.59. The second kappa shape index (κ2) is 14.0. The summed E-state index contributed by atoms with van der Waals surface area (Å²) in [5, 5.41) is 6.76. The summed E-state index contributed by atoms with van der Waals surface area (Å²) in [6.07, 6.45) is 0. The molecule has 0 aliphatic heterocycles. The zero-order valence-electron chi connectivity index (χ0n) is 33.9. The largest absolute Gasteiger partial charge is 0.454 e. The maximum absolute atomic E-state index is 6.98. The third kappa shape index (κ3) is 5.48. The molecule has 0 aliphatic carbocycles. The number of fused-ring (bicyclic) bond motifs is 10. The van der Waals surface area contributed by atoms with Crippen molar-refractivity contribution >= 4 is 65.6 Å². The van der Waals surface area contributed by atoms with Gasteiger partial charge in [0, 0.05) is 54.7 Å². The lowest BCUT2D eigenvalue weighted by Crippen LogP contribution is -2.01. The van der Waals surface area contributed by atoms with E-state index in [-0.39, 0.29) is 0 Å². The van der Waals surface area contributed by atoms with Crippen LogP contribution in [0.15, 0.2) is 217 Å². The summed E-state index contributed by atoms with van der Waals surface area (Å²) in [5.41, 5.74) is 13.1. The molecule has 9 aromatic carbocycles. The van der Waals surface area contributed by atoms with Crippen molar-refractivity contribution in [3.8, 4) is 56.7 Å². The van der Waals surface area contributed by atoms with Crippen LogP contribution in [0, 0.1) is 0 Å². The van der Waals surface area contributed by atoms with Gasteiger partial charge in [-0.15, -0.1) is 0 Å². The first-order chi connectivity index (χ1) is 31.3. The van der Waals surface area contributed by atoms with Gasteiger partial charge in [-0.1, -0.05) is 158 Å². The molecule has 13 aromatic rings. The first kappa shape index (κ1) is 35.2. The van der Waals surface area contributed by atoms with Gasteiger partial charge >= 0.3 is 0 Å². The molecule has 4 heterocycles. The fourth-order valence-corrected chi connectivity index (χ4v) is 9.59. The van der Waals surface area contributed by atoms with Gasteiger partial charge < -0.3 is 13.6 Å². The first-order valence-electron chi connectivity index (χ1n) is 21.2. The number of benzene rings is 9. The Kier molecular flexibility index (Phi) is 7.80. The number of para-hydroxylation sites is 4. The number of rotatable bonds is 6. The minimum atomic E-state index is 0.576. The van der Waals surface area contributed by atoms with E-state index in [1.807, 2.05) is 48.5 Å². The van der Waals surface area contributed by atoms with Gasteiger partial charge in [0.2, 0.25) is 0 Å². The highest BCUT2D eigenvalue weighted by molar-refractivity contribution is 6.29. The summed E-state index contributed by atoms with van der Waals surface area (Å²) < 4.78 is 11.7. The quantitative estimate of drug-likeness (QED) is 0.168. The summed E-state index contributed by atoms with van der Waals surface area (Å²) in [6.45, 7) is 0. The predicted octanol–water partition coefficient (Wildman–Crippen LogP) is 14.6. The monoisotopic (exact) mass is 805 g/mol. The van der Waals surface area contributed by atoms with Crippen LogP contribution in [0.3, 0.4) is 0 Å². The zero-order chi connectivity index (χ0) is 41.4. The Bertz CT molecular complexity index is 3890. The lowest BCUT2D eigenvalue weighted by molar-refractivity contribution is 0.666. The third-order valence-corrected chi connectivity index (χ3v) is 12.4. The fraction of sp³-hybridized carbons (Fsp3) is 0. The van der Waals surface area contributed by atoms with E-state index in [1.54, 1.807) is 0 Å². The number of furan rings is 1. The van der Waals surface area contributed by atoms with E-state index in [0.29, 0.717) is 17.5 Å². The van der Waals surface area contributed by atoms with Crippen molar-refractivity contribution in [2.45, 2.75) is 0 Å². The second-order valence-corrected chi connectivity index (χ2v) is 15.9. The van der Waals surface area contributed by atoms with Crippen molar-refractivity contribution in [1.29, 1.82) is 0 Å². The average molecular weight is 806 g/mol. The Hall–Kier alpha value is -8.61. The van der Waals surface area contributed by atoms with Crippen LogP contribution in [0.2, 0.25) is 0 Å². The molecule has 0 fully saturated rings. The molecule has 13 rings (SSSR count). The molecule has 0 atom stereocenters. The summed E-state index contributed by atoms with van der Waals surface area (Å²) in [7, 11) is 0. The summed E-state index contributed by atoms with van der Waals surface area (Å²) >= 11 is 0. The molecule has 63 heavy (non-hydrogen) atoms. The molecular weight excluding hydrogens is 771 g/mol. The molecule has 0 amide bonds. The summed E-state index contributed by atoms with van der Waals surface area (Å²) in [6, 6.07) is 74.2. The summed E-state index contributed by atoms with van der Waals surface area (Å²) in [5.74, 6) is 1.78. The van der Waals surface area contributed by atoms with E-state index in [1.165, 1.54) is 27.1 Å². The molecule has 4 aromatic heterocycles. The Balaban J connectivity index is 1.07. The average Bonchev–Trinajstić information content (AvgIpc) is 4.03. The Morgan fingerprint density at radius 2 is 0.794 bits per heavy atom. The molecule has 0 saturated carbocycles. The molecule has 0 bridgehead atoms. The van der Waals surface area contributed by atoms with Crippen LogP contribution < -0.4 is 0 Å². The Morgan fingerprint density at radius 3 is 1.46 bits per heavy atom. The van der Waals surface area contributed by atoms with Crippen molar-refractivity contribution in [1.82, 2.24) is 24.1 Å². The molecular formula is C57H35N5O. The van der Waals surface area contributed by atoms with Crippen LogP contribution in [0.1, 0.15) is 0 Å². The molecule has 0 aliphatic rings. The standard InChI is InChI=1S/C57H35N5O/c1-4-16-36(17-5-1)37-28-30-39(31-29-37)56-58-55(38-18-6-2-7-19-38)59-57(60-56)44-32-33-49(54-51(44)43-24-12-15-27-50(43)63-54)62-46-26-14-11-23-42(46)53-48(62)35-34-47-52(53)41-22-10-13-25-45(41)61(47)40-20-8-3-9-21-40/h1-35H. The molecule has 0 radical (unpaired) electrons. The maximum atomic E-state index is 6.98. The van der Waals surface area contributed by atoms with Gasteiger partial charge in [0.25, 0.3) is 0 Å². The molecule has 0 unspecified atom stereocenters. The van der Waals surface area contributed by atoms with Crippen LogP contribution >= 0.6 is 0 Å². The maximum Gasteiger partial charge on any atom is 0.164 e. The molecule has 294 valence electrons. The van der Waals surface area contributed by atoms with Gasteiger partial charge in [0.15, 0.2) is 23.1 Å². The third-order valence-electron chi connectivity index (χ3n) is 12.4. The second-order valence-electron chi connectivity index (χ2n) is 15.9. The van der Waals surface area contributed by atoms with Gasteiger partial charge in [0.05, 0.1) is 27.8 Å². The van der Waals surface area contributed by atoms with Crippen LogP contribution in [-0.4, -0.2) is 24.1 Å². The van der Waals surface area contributed by atoms with Crippen molar-refractivity contribution in [2.24, 2.45) is 0 Å². The van der Waals surface area contributed by atoms with Gasteiger partial charge in [-0.05, 0) is 65.7 Å². The van der Waals surface area contributed by atoms with Gasteiger partial charge in [-0.2, -0.15) is 0 Å². The highest BCUT2D eigenvalue weighted by atomic mass is 16.3. The van der Waals surface area contributed by atoms with E-state index in [4.69, 9.17) is 19.4 Å². The van der Waals surface area contributed by atoms with Crippen LogP contribution in [0.4, 0.5) is 0 Å². The molecule has 0 N–H and O–H groups in total. The van der Waals surface area contributed by atoms with E-state index >= 15 is 0 Å². The first-order valence-corrected chi connectivity index (χ1v) is 21.2. The van der Waals surface area contributed by atoms with Crippen LogP contribution in [0.5, 0.6) is 0 Å². The SMILES string of the molecule is c1ccc(-c2ccc(-c3nc(-c4ccccc4)nc(-c4ccc(-n5c6ccccc6c6c7c8ccccc8n(-c8ccccc8)c7ccc65)c5oc6ccccc6c45)n3)cc2)cc1. The van der Waals surface area contributed by atoms with Crippen molar-refractivity contribution < 1.29 is 4.42 Å². The number of hydrogen-bond acceptors (Lipinski definition) is 4. The number of aromatic nitrogens is 5. The minimum Gasteiger partial charge on any atom is -0.454 e. The smallest absolute Gasteiger partial charge is 0.164 e. The number of nitrogens with zero attached hydrogens (tertiary/aromatic N) is 5. The lowest BCUT2D eigenvalue weighted by atomic mass is 10.0. The van der Waals surface area contributed by atoms with E-state index in [2.05, 4.69) is 173 Å². The van der Waals surface area contributed by atoms with Crippen LogP contribution in [-0.2, 0) is 0 Å². The van der Waals surface area contributed by atoms with Gasteiger partial charge in [0.1, 0.15) is 5.58 Å². The molecule has 6 heteroatoms. The van der Waals surface area contributed by atoms with Gasteiger partial charge in [-0.3, -0.25) is 0 Å². The van der Waals surface area contributed by atoms with Crippen molar-refractivity contribution in [3.05, 3.63) is 212 Å². The molecule has 0 saturated heterocycles. The topological polar surface area (TPSA) is 61.7 Å². The lowest BCUT2D eigenvalue weighted by Gasteiger charge is -2.13. The van der Waals surface area contributed by atoms with Crippen molar-refractivity contribution in [2.75, 3.05) is 0 Å².